The summed E-state index contributed by atoms with van der Waals surface area (Å²) in [4.78, 5) is 3.99. The Labute approximate surface area is 92.3 Å². The molecular weight excluding hydrogens is 210 g/mol. The zero-order chi connectivity index (χ0) is 11.5. The van der Waals surface area contributed by atoms with Crippen molar-refractivity contribution in [3.05, 3.63) is 18.6 Å². The van der Waals surface area contributed by atoms with Crippen molar-refractivity contribution in [2.24, 2.45) is 0 Å². The number of aliphatic hydroxyl groups is 2. The van der Waals surface area contributed by atoms with Crippen molar-refractivity contribution in [2.45, 2.75) is 0 Å². The summed E-state index contributed by atoms with van der Waals surface area (Å²) in [5.74, 6) is 0.418. The second kappa shape index (κ2) is 4.42. The van der Waals surface area contributed by atoms with Crippen LogP contribution in [-0.2, 0) is 0 Å². The first-order valence-corrected chi connectivity index (χ1v) is 5.04. The van der Waals surface area contributed by atoms with E-state index in [1.165, 1.54) is 0 Å². The van der Waals surface area contributed by atoms with E-state index >= 15 is 0 Å². The molecule has 0 radical (unpaired) electrons. The van der Waals surface area contributed by atoms with Crippen LogP contribution in [0.1, 0.15) is 0 Å². The summed E-state index contributed by atoms with van der Waals surface area (Å²) in [6.07, 6.45) is 5.26. The fraction of sp³-hybridized carbons (Fsp3) is 0.444. The maximum absolute atomic E-state index is 8.96. The highest BCUT2D eigenvalue weighted by atomic mass is 16.3. The summed E-state index contributed by atoms with van der Waals surface area (Å²) in [7, 11) is 0. The number of nitrogen functional groups attached to an aromatic ring is 1. The minimum absolute atomic E-state index is 0.0218. The lowest BCUT2D eigenvalue weighted by Gasteiger charge is -2.24. The molecule has 0 aliphatic rings. The van der Waals surface area contributed by atoms with Gasteiger partial charge in [0.15, 0.2) is 5.65 Å². The van der Waals surface area contributed by atoms with Gasteiger partial charge in [0.25, 0.3) is 0 Å². The van der Waals surface area contributed by atoms with Crippen molar-refractivity contribution in [3.8, 4) is 0 Å². The zero-order valence-electron chi connectivity index (χ0n) is 8.82. The van der Waals surface area contributed by atoms with Gasteiger partial charge in [0, 0.05) is 12.4 Å². The predicted molar refractivity (Wildman–Crippen MR) is 59.7 cm³/mol. The Balaban J connectivity index is 2.35. The molecule has 88 valence electrons. The van der Waals surface area contributed by atoms with Crippen molar-refractivity contribution in [3.63, 3.8) is 0 Å². The van der Waals surface area contributed by atoms with Crippen LogP contribution < -0.4 is 10.7 Å². The van der Waals surface area contributed by atoms with Crippen molar-refractivity contribution < 1.29 is 10.2 Å². The van der Waals surface area contributed by atoms with Gasteiger partial charge in [-0.25, -0.2) is 9.66 Å². The highest BCUT2D eigenvalue weighted by Gasteiger charge is 2.10. The quantitative estimate of drug-likeness (QED) is 0.584. The molecule has 0 aliphatic heterocycles. The molecule has 0 saturated heterocycles. The Morgan fingerprint density at radius 1 is 1.25 bits per heavy atom. The van der Waals surface area contributed by atoms with Crippen molar-refractivity contribution in [1.82, 2.24) is 14.1 Å². The van der Waals surface area contributed by atoms with E-state index < -0.39 is 0 Å². The van der Waals surface area contributed by atoms with Crippen LogP contribution in [0.2, 0.25) is 0 Å². The van der Waals surface area contributed by atoms with Gasteiger partial charge in [0.1, 0.15) is 0 Å². The van der Waals surface area contributed by atoms with Crippen LogP contribution in [0, 0.1) is 0 Å². The van der Waals surface area contributed by atoms with Crippen LogP contribution in [0.25, 0.3) is 5.65 Å². The standard InChI is InChI=1S/C9H15N5O2/c10-9-11-7-8-13(9)1-2-14(8)12(3-5-15)4-6-16/h1-2,7,15-16H,3-6H2,(H2,10,11). The molecule has 2 aromatic rings. The largest absolute Gasteiger partial charge is 0.394 e. The third-order valence-corrected chi connectivity index (χ3v) is 2.42. The third-order valence-electron chi connectivity index (χ3n) is 2.42. The maximum atomic E-state index is 8.96. The molecule has 7 heteroatoms. The van der Waals surface area contributed by atoms with Crippen LogP contribution >= 0.6 is 0 Å². The Morgan fingerprint density at radius 2 is 1.94 bits per heavy atom. The summed E-state index contributed by atoms with van der Waals surface area (Å²) < 4.78 is 3.55. The van der Waals surface area contributed by atoms with E-state index in [1.54, 1.807) is 16.8 Å². The molecular formula is C9H15N5O2. The van der Waals surface area contributed by atoms with E-state index in [0.717, 1.165) is 5.65 Å². The minimum atomic E-state index is 0.0218. The van der Waals surface area contributed by atoms with E-state index in [-0.39, 0.29) is 13.2 Å². The molecule has 16 heavy (non-hydrogen) atoms. The van der Waals surface area contributed by atoms with Gasteiger partial charge in [-0.15, -0.1) is 0 Å². The number of hydrogen-bond donors (Lipinski definition) is 3. The average Bonchev–Trinajstić information content (AvgIpc) is 2.82. The number of imidazole rings is 2. The molecule has 4 N–H and O–H groups in total. The predicted octanol–water partition coefficient (Wildman–Crippen LogP) is -1.36. The van der Waals surface area contributed by atoms with Crippen molar-refractivity contribution in [2.75, 3.05) is 37.0 Å². The first kappa shape index (κ1) is 10.8. The summed E-state index contributed by atoms with van der Waals surface area (Å²) in [6.45, 7) is 0.924. The lowest BCUT2D eigenvalue weighted by Crippen LogP contribution is -2.38. The Morgan fingerprint density at radius 3 is 2.56 bits per heavy atom. The maximum Gasteiger partial charge on any atom is 0.206 e. The minimum Gasteiger partial charge on any atom is -0.394 e. The van der Waals surface area contributed by atoms with E-state index in [9.17, 15) is 0 Å². The van der Waals surface area contributed by atoms with E-state index in [4.69, 9.17) is 15.9 Å². The van der Waals surface area contributed by atoms with Gasteiger partial charge < -0.3 is 21.0 Å². The molecule has 0 aliphatic carbocycles. The lowest BCUT2D eigenvalue weighted by atomic mass is 10.6. The molecule has 0 spiro atoms. The fourth-order valence-electron chi connectivity index (χ4n) is 1.69. The van der Waals surface area contributed by atoms with Gasteiger partial charge in [0.05, 0.1) is 32.5 Å². The van der Waals surface area contributed by atoms with Crippen LogP contribution in [-0.4, -0.2) is 50.6 Å². The van der Waals surface area contributed by atoms with Gasteiger partial charge in [-0.2, -0.15) is 0 Å². The molecule has 0 unspecified atom stereocenters. The normalized spacial score (nSPS) is 11.1. The molecule has 0 fully saturated rings. The molecule has 0 amide bonds. The van der Waals surface area contributed by atoms with Gasteiger partial charge in [0.2, 0.25) is 5.95 Å². The van der Waals surface area contributed by atoms with E-state index in [2.05, 4.69) is 4.98 Å². The molecule has 0 saturated carbocycles. The lowest BCUT2D eigenvalue weighted by molar-refractivity contribution is 0.266. The van der Waals surface area contributed by atoms with Gasteiger partial charge in [-0.05, 0) is 0 Å². The van der Waals surface area contributed by atoms with Crippen LogP contribution in [0.5, 0.6) is 0 Å². The molecule has 2 rings (SSSR count). The van der Waals surface area contributed by atoms with Crippen LogP contribution in [0.4, 0.5) is 5.95 Å². The molecule has 0 bridgehead atoms. The fourth-order valence-corrected chi connectivity index (χ4v) is 1.69. The smallest absolute Gasteiger partial charge is 0.206 e. The van der Waals surface area contributed by atoms with Gasteiger partial charge in [-0.3, -0.25) is 4.40 Å². The molecule has 7 nitrogen and oxygen atoms in total. The first-order chi connectivity index (χ1) is 7.77. The van der Waals surface area contributed by atoms with Crippen molar-refractivity contribution in [1.29, 1.82) is 0 Å². The van der Waals surface area contributed by atoms with E-state index in [0.29, 0.717) is 19.0 Å². The second-order valence-electron chi connectivity index (χ2n) is 3.39. The topological polar surface area (TPSA) is 92.0 Å². The Bertz CT molecular complexity index is 457. The number of rotatable bonds is 5. The highest BCUT2D eigenvalue weighted by Crippen LogP contribution is 2.10. The monoisotopic (exact) mass is 225 g/mol. The molecule has 0 aromatic carbocycles. The molecule has 2 heterocycles. The number of hydrogen-bond acceptors (Lipinski definition) is 5. The van der Waals surface area contributed by atoms with Gasteiger partial charge in [-0.1, -0.05) is 0 Å². The van der Waals surface area contributed by atoms with Gasteiger partial charge >= 0.3 is 0 Å². The summed E-state index contributed by atoms with van der Waals surface area (Å²) >= 11 is 0. The SMILES string of the molecule is Nc1ncc2n(N(CCO)CCO)ccn12. The number of aliphatic hydroxyl groups excluding tert-OH is 2. The first-order valence-electron chi connectivity index (χ1n) is 5.04. The Kier molecular flexibility index (Phi) is 2.97. The number of aromatic nitrogens is 3. The molecule has 2 aromatic heterocycles. The second-order valence-corrected chi connectivity index (χ2v) is 3.39. The average molecular weight is 225 g/mol. The van der Waals surface area contributed by atoms with Crippen molar-refractivity contribution >= 4 is 11.6 Å². The number of nitrogens with two attached hydrogens (primary N) is 1. The third kappa shape index (κ3) is 1.70. The molecule has 0 atom stereocenters. The summed E-state index contributed by atoms with van der Waals surface area (Å²) in [6, 6.07) is 0. The van der Waals surface area contributed by atoms with Crippen LogP contribution in [0.15, 0.2) is 18.6 Å². The van der Waals surface area contributed by atoms with Crippen LogP contribution in [0.3, 0.4) is 0 Å². The highest BCUT2D eigenvalue weighted by molar-refractivity contribution is 5.46. The zero-order valence-corrected chi connectivity index (χ0v) is 8.82. The summed E-state index contributed by atoms with van der Waals surface area (Å²) in [5.41, 5.74) is 6.46. The van der Waals surface area contributed by atoms with E-state index in [1.807, 2.05) is 15.9 Å². The number of fused-ring (bicyclic) bond motifs is 1. The Hall–Kier alpha value is -1.73. The number of anilines is 1. The summed E-state index contributed by atoms with van der Waals surface area (Å²) in [5, 5.41) is 19.7. The number of nitrogens with zero attached hydrogens (tertiary/aromatic N) is 4.